The zero-order valence-corrected chi connectivity index (χ0v) is 15.4. The highest BCUT2D eigenvalue weighted by molar-refractivity contribution is 5.75. The highest BCUT2D eigenvalue weighted by Crippen LogP contribution is 2.35. The van der Waals surface area contributed by atoms with Crippen molar-refractivity contribution in [1.82, 2.24) is 24.1 Å². The highest BCUT2D eigenvalue weighted by Gasteiger charge is 2.29. The average molecular weight is 370 g/mol. The molecule has 1 aliphatic rings. The molecule has 0 amide bonds. The Labute approximate surface area is 155 Å². The maximum Gasteiger partial charge on any atom is 0.332 e. The number of aromatic nitrogens is 5. The second-order valence-corrected chi connectivity index (χ2v) is 6.57. The number of ether oxygens (including phenoxy) is 1. The van der Waals surface area contributed by atoms with Crippen LogP contribution >= 0.6 is 0 Å². The molecule has 27 heavy (non-hydrogen) atoms. The number of H-pyrrole nitrogens is 1. The lowest BCUT2D eigenvalue weighted by Gasteiger charge is -2.08. The van der Waals surface area contributed by atoms with Crippen LogP contribution in [0, 0.1) is 0 Å². The third-order valence-electron chi connectivity index (χ3n) is 4.69. The largest absolute Gasteiger partial charge is 0.383 e. The molecule has 0 atom stereocenters. The van der Waals surface area contributed by atoms with Gasteiger partial charge in [0.25, 0.3) is 5.56 Å². The maximum absolute atomic E-state index is 12.7. The van der Waals surface area contributed by atoms with E-state index >= 15 is 0 Å². The number of anilines is 1. The lowest BCUT2D eigenvalue weighted by Crippen LogP contribution is -2.39. The zero-order chi connectivity index (χ0) is 19.0. The van der Waals surface area contributed by atoms with Crippen LogP contribution in [0.1, 0.15) is 25.8 Å². The Hall–Kier alpha value is -2.94. The number of rotatable bonds is 7. The van der Waals surface area contributed by atoms with Crippen LogP contribution in [0.15, 0.2) is 27.9 Å². The van der Waals surface area contributed by atoms with Crippen molar-refractivity contribution >= 4 is 17.0 Å². The predicted octanol–water partition coefficient (Wildman–Crippen LogP) is 1.36. The highest BCUT2D eigenvalue weighted by atomic mass is 16.5. The van der Waals surface area contributed by atoms with Gasteiger partial charge in [0.1, 0.15) is 17.2 Å². The second kappa shape index (κ2) is 6.99. The second-order valence-electron chi connectivity index (χ2n) is 6.57. The van der Waals surface area contributed by atoms with Crippen molar-refractivity contribution in [3.63, 3.8) is 0 Å². The molecule has 0 bridgehead atoms. The van der Waals surface area contributed by atoms with E-state index in [4.69, 9.17) is 4.74 Å². The van der Waals surface area contributed by atoms with E-state index in [1.807, 2.05) is 12.1 Å². The number of nitrogens with zero attached hydrogens (tertiary/aromatic N) is 4. The Morgan fingerprint density at radius 3 is 2.78 bits per heavy atom. The van der Waals surface area contributed by atoms with Gasteiger partial charge in [0.05, 0.1) is 6.61 Å². The van der Waals surface area contributed by atoms with Crippen LogP contribution in [0.4, 0.5) is 5.82 Å². The molecule has 0 aliphatic heterocycles. The van der Waals surface area contributed by atoms with Gasteiger partial charge < -0.3 is 15.0 Å². The Morgan fingerprint density at radius 1 is 1.33 bits per heavy atom. The summed E-state index contributed by atoms with van der Waals surface area (Å²) in [6, 6.07) is 3.84. The van der Waals surface area contributed by atoms with E-state index in [0.29, 0.717) is 36.7 Å². The van der Waals surface area contributed by atoms with E-state index in [9.17, 15) is 9.59 Å². The Kier molecular flexibility index (Phi) is 4.53. The van der Waals surface area contributed by atoms with Crippen molar-refractivity contribution in [2.24, 2.45) is 0 Å². The van der Waals surface area contributed by atoms with E-state index in [1.54, 1.807) is 24.8 Å². The molecule has 0 unspecified atom stereocenters. The molecule has 0 aromatic carbocycles. The number of fused-ring (bicyclic) bond motifs is 1. The van der Waals surface area contributed by atoms with Crippen LogP contribution in [0.2, 0.25) is 0 Å². The molecular weight excluding hydrogens is 348 g/mol. The first-order chi connectivity index (χ1) is 13.1. The van der Waals surface area contributed by atoms with Gasteiger partial charge in [-0.25, -0.2) is 14.8 Å². The summed E-state index contributed by atoms with van der Waals surface area (Å²) < 4.78 is 7.90. The van der Waals surface area contributed by atoms with Gasteiger partial charge in [-0.2, -0.15) is 0 Å². The van der Waals surface area contributed by atoms with Crippen LogP contribution in [0.3, 0.4) is 0 Å². The van der Waals surface area contributed by atoms with Crippen LogP contribution in [-0.4, -0.2) is 44.3 Å². The quantitative estimate of drug-likeness (QED) is 0.608. The monoisotopic (exact) mass is 370 g/mol. The molecule has 1 fully saturated rings. The number of methoxy groups -OCH3 is 1. The molecule has 4 rings (SSSR count). The third-order valence-corrected chi connectivity index (χ3v) is 4.69. The van der Waals surface area contributed by atoms with Gasteiger partial charge >= 0.3 is 5.69 Å². The van der Waals surface area contributed by atoms with Gasteiger partial charge in [0, 0.05) is 38.0 Å². The Morgan fingerprint density at radius 2 is 2.15 bits per heavy atom. The minimum absolute atomic E-state index is 0.125. The van der Waals surface area contributed by atoms with Crippen LogP contribution < -0.4 is 16.6 Å². The third kappa shape index (κ3) is 3.14. The molecule has 3 heterocycles. The summed E-state index contributed by atoms with van der Waals surface area (Å²) in [5.41, 5.74) is 0.918. The van der Waals surface area contributed by atoms with E-state index in [-0.39, 0.29) is 17.3 Å². The van der Waals surface area contributed by atoms with Crippen molar-refractivity contribution in [1.29, 1.82) is 0 Å². The fraction of sp³-hybridized carbons (Fsp3) is 0.444. The SMILES string of the molecule is CCn1c(=O)c2[nH]c(-c3ccc(NCCOC)nc3)nc2n(C2CC2)c1=O. The predicted molar refractivity (Wildman–Crippen MR) is 102 cm³/mol. The van der Waals surface area contributed by atoms with Gasteiger partial charge in [-0.05, 0) is 31.9 Å². The number of pyridine rings is 1. The average Bonchev–Trinajstić information content (AvgIpc) is 3.40. The van der Waals surface area contributed by atoms with Crippen molar-refractivity contribution in [2.75, 3.05) is 25.6 Å². The molecular formula is C18H22N6O3. The van der Waals surface area contributed by atoms with E-state index in [2.05, 4.69) is 20.3 Å². The van der Waals surface area contributed by atoms with Gasteiger partial charge in [0.15, 0.2) is 5.65 Å². The minimum atomic E-state index is -0.334. The van der Waals surface area contributed by atoms with Gasteiger partial charge in [-0.15, -0.1) is 0 Å². The van der Waals surface area contributed by atoms with E-state index in [0.717, 1.165) is 24.2 Å². The van der Waals surface area contributed by atoms with E-state index in [1.165, 1.54) is 4.57 Å². The fourth-order valence-electron chi connectivity index (χ4n) is 3.13. The smallest absolute Gasteiger partial charge is 0.332 e. The number of aromatic amines is 1. The Balaban J connectivity index is 1.75. The summed E-state index contributed by atoms with van der Waals surface area (Å²) in [5, 5.41) is 3.15. The summed E-state index contributed by atoms with van der Waals surface area (Å²) in [4.78, 5) is 37.3. The van der Waals surface area contributed by atoms with Crippen molar-refractivity contribution in [3.8, 4) is 11.4 Å². The zero-order valence-electron chi connectivity index (χ0n) is 15.4. The molecule has 0 saturated heterocycles. The standard InChI is InChI=1S/C18H22N6O3/c1-3-23-17(25)14-16(24(18(23)26)12-5-6-12)22-15(21-14)11-4-7-13(20-10-11)19-8-9-27-2/h4,7,10,12H,3,5-6,8-9H2,1-2H3,(H,19,20)(H,21,22). The minimum Gasteiger partial charge on any atom is -0.383 e. The first-order valence-electron chi connectivity index (χ1n) is 9.08. The molecule has 9 nitrogen and oxygen atoms in total. The fourth-order valence-corrected chi connectivity index (χ4v) is 3.13. The molecule has 9 heteroatoms. The lowest BCUT2D eigenvalue weighted by molar-refractivity contribution is 0.210. The van der Waals surface area contributed by atoms with Crippen molar-refractivity contribution in [2.45, 2.75) is 32.4 Å². The summed E-state index contributed by atoms with van der Waals surface area (Å²) in [6.07, 6.45) is 3.55. The van der Waals surface area contributed by atoms with Gasteiger partial charge in [-0.3, -0.25) is 13.9 Å². The molecule has 2 N–H and O–H groups in total. The number of nitrogens with one attached hydrogen (secondary N) is 2. The van der Waals surface area contributed by atoms with Crippen LogP contribution in [-0.2, 0) is 11.3 Å². The number of imidazole rings is 1. The van der Waals surface area contributed by atoms with Crippen molar-refractivity contribution < 1.29 is 4.74 Å². The van der Waals surface area contributed by atoms with Gasteiger partial charge in [0.2, 0.25) is 0 Å². The number of hydrogen-bond donors (Lipinski definition) is 2. The molecule has 3 aromatic rings. The van der Waals surface area contributed by atoms with E-state index < -0.39 is 0 Å². The lowest BCUT2D eigenvalue weighted by atomic mass is 10.2. The first kappa shape index (κ1) is 17.5. The summed E-state index contributed by atoms with van der Waals surface area (Å²) in [6.45, 7) is 3.38. The Bertz CT molecular complexity index is 1080. The van der Waals surface area contributed by atoms with Crippen molar-refractivity contribution in [3.05, 3.63) is 39.2 Å². The van der Waals surface area contributed by atoms with Crippen LogP contribution in [0.25, 0.3) is 22.6 Å². The summed E-state index contributed by atoms with van der Waals surface area (Å²) in [5.74, 6) is 1.26. The molecule has 1 aliphatic carbocycles. The normalized spacial score (nSPS) is 14.0. The van der Waals surface area contributed by atoms with Gasteiger partial charge in [-0.1, -0.05) is 0 Å². The summed E-state index contributed by atoms with van der Waals surface area (Å²) >= 11 is 0. The molecule has 142 valence electrons. The molecule has 3 aromatic heterocycles. The summed E-state index contributed by atoms with van der Waals surface area (Å²) in [7, 11) is 1.65. The maximum atomic E-state index is 12.7. The molecule has 0 spiro atoms. The molecule has 1 saturated carbocycles. The topological polar surface area (TPSA) is 107 Å². The number of hydrogen-bond acceptors (Lipinski definition) is 6. The molecule has 0 radical (unpaired) electrons. The first-order valence-corrected chi connectivity index (χ1v) is 9.08. The van der Waals surface area contributed by atoms with Crippen LogP contribution in [0.5, 0.6) is 0 Å².